The van der Waals surface area contributed by atoms with E-state index in [0.29, 0.717) is 6.54 Å². The van der Waals surface area contributed by atoms with Crippen LogP contribution in [-0.2, 0) is 16.0 Å². The van der Waals surface area contributed by atoms with Crippen LogP contribution < -0.4 is 5.32 Å². The van der Waals surface area contributed by atoms with E-state index in [1.54, 1.807) is 6.20 Å². The number of ether oxygens (including phenoxy) is 2. The van der Waals surface area contributed by atoms with Crippen LogP contribution in [0.15, 0.2) is 18.5 Å². The van der Waals surface area contributed by atoms with Gasteiger partial charge in [-0.3, -0.25) is 9.88 Å². The molecule has 0 unspecified atom stereocenters. The van der Waals surface area contributed by atoms with Crippen molar-refractivity contribution in [3.63, 3.8) is 0 Å². The number of fused-ring (bicyclic) bond motifs is 1. The van der Waals surface area contributed by atoms with Crippen LogP contribution in [-0.4, -0.2) is 52.7 Å². The van der Waals surface area contributed by atoms with Gasteiger partial charge in [0.15, 0.2) is 6.29 Å². The number of anilines is 1. The highest BCUT2D eigenvalue weighted by Gasteiger charge is 2.37. The molecule has 7 heteroatoms. The predicted molar refractivity (Wildman–Crippen MR) is 78.8 cm³/mol. The Hall–Kier alpha value is -1.70. The Bertz CT molecular complexity index is 568. The minimum absolute atomic E-state index is 0.0121. The molecule has 2 saturated heterocycles. The second-order valence-electron chi connectivity index (χ2n) is 6.00. The molecule has 2 amide bonds. The summed E-state index contributed by atoms with van der Waals surface area (Å²) >= 11 is 0. The number of urea groups is 1. The lowest BCUT2D eigenvalue weighted by Crippen LogP contribution is -2.56. The van der Waals surface area contributed by atoms with Crippen LogP contribution in [0.25, 0.3) is 0 Å². The molecule has 1 N–H and O–H groups in total. The van der Waals surface area contributed by atoms with E-state index in [1.807, 2.05) is 24.1 Å². The number of nitrogens with zero attached hydrogens (tertiary/aromatic N) is 3. The van der Waals surface area contributed by atoms with Crippen molar-refractivity contribution in [3.8, 4) is 0 Å². The van der Waals surface area contributed by atoms with Gasteiger partial charge in [-0.1, -0.05) is 0 Å². The third-order valence-corrected chi connectivity index (χ3v) is 4.60. The first-order valence-electron chi connectivity index (χ1n) is 7.76. The Labute approximate surface area is 129 Å². The first kappa shape index (κ1) is 13.9. The molecule has 0 aromatic carbocycles. The van der Waals surface area contributed by atoms with Crippen molar-refractivity contribution in [2.75, 3.05) is 18.4 Å². The molecule has 3 aliphatic rings. The molecule has 1 aromatic heterocycles. The SMILES string of the molecule is CC1OC(N2CCC(N3Cc4cnccc4NC3=O)CC2)O1. The van der Waals surface area contributed by atoms with Crippen molar-refractivity contribution in [2.24, 2.45) is 0 Å². The van der Waals surface area contributed by atoms with Gasteiger partial charge in [-0.2, -0.15) is 0 Å². The molecule has 7 nitrogen and oxygen atoms in total. The van der Waals surface area contributed by atoms with Crippen LogP contribution in [0.3, 0.4) is 0 Å². The molecule has 0 atom stereocenters. The molecule has 4 rings (SSSR count). The molecule has 0 spiro atoms. The smallest absolute Gasteiger partial charge is 0.317 e. The van der Waals surface area contributed by atoms with E-state index in [2.05, 4.69) is 15.2 Å². The lowest BCUT2D eigenvalue weighted by atomic mass is 10.0. The number of hydrogen-bond acceptors (Lipinski definition) is 5. The van der Waals surface area contributed by atoms with Gasteiger partial charge in [-0.25, -0.2) is 4.79 Å². The van der Waals surface area contributed by atoms with Gasteiger partial charge >= 0.3 is 6.03 Å². The molecule has 22 heavy (non-hydrogen) atoms. The maximum absolute atomic E-state index is 12.3. The molecule has 3 aliphatic heterocycles. The summed E-state index contributed by atoms with van der Waals surface area (Å²) in [5, 5.41) is 2.95. The summed E-state index contributed by atoms with van der Waals surface area (Å²) in [5.74, 6) is 0. The fraction of sp³-hybridized carbons (Fsp3) is 0.600. The number of piperidine rings is 1. The number of pyridine rings is 1. The van der Waals surface area contributed by atoms with E-state index in [4.69, 9.17) is 9.47 Å². The van der Waals surface area contributed by atoms with E-state index in [1.165, 1.54) is 0 Å². The molecule has 0 saturated carbocycles. The fourth-order valence-electron chi connectivity index (χ4n) is 3.33. The van der Waals surface area contributed by atoms with Crippen molar-refractivity contribution >= 4 is 11.7 Å². The van der Waals surface area contributed by atoms with E-state index < -0.39 is 0 Å². The number of nitrogens with one attached hydrogen (secondary N) is 1. The van der Waals surface area contributed by atoms with E-state index in [-0.39, 0.29) is 24.8 Å². The summed E-state index contributed by atoms with van der Waals surface area (Å²) < 4.78 is 11.1. The molecular weight excluding hydrogens is 284 g/mol. The van der Waals surface area contributed by atoms with Crippen molar-refractivity contribution in [3.05, 3.63) is 24.0 Å². The number of carbonyl (C=O) groups is 1. The first-order valence-corrected chi connectivity index (χ1v) is 7.76. The zero-order chi connectivity index (χ0) is 15.1. The fourth-order valence-corrected chi connectivity index (χ4v) is 3.33. The van der Waals surface area contributed by atoms with Gasteiger partial charge in [0.1, 0.15) is 0 Å². The lowest BCUT2D eigenvalue weighted by molar-refractivity contribution is -0.424. The van der Waals surface area contributed by atoms with Crippen LogP contribution in [0.4, 0.5) is 10.5 Å². The summed E-state index contributed by atoms with van der Waals surface area (Å²) in [6.07, 6.45) is 5.10. The molecule has 0 aliphatic carbocycles. The van der Waals surface area contributed by atoms with Gasteiger partial charge < -0.3 is 19.7 Å². The van der Waals surface area contributed by atoms with Gasteiger partial charge in [0, 0.05) is 37.1 Å². The predicted octanol–water partition coefficient (Wildman–Crippen LogP) is 1.57. The zero-order valence-corrected chi connectivity index (χ0v) is 12.6. The number of carbonyl (C=O) groups excluding carboxylic acids is 1. The van der Waals surface area contributed by atoms with Gasteiger partial charge in [0.05, 0.1) is 12.2 Å². The minimum Gasteiger partial charge on any atom is -0.317 e. The molecular formula is C15H20N4O3. The zero-order valence-electron chi connectivity index (χ0n) is 12.6. The van der Waals surface area contributed by atoms with Gasteiger partial charge in [0.2, 0.25) is 6.41 Å². The highest BCUT2D eigenvalue weighted by Crippen LogP contribution is 2.29. The summed E-state index contributed by atoms with van der Waals surface area (Å²) in [7, 11) is 0. The van der Waals surface area contributed by atoms with Crippen LogP contribution in [0, 0.1) is 0 Å². The van der Waals surface area contributed by atoms with Crippen LogP contribution in [0.2, 0.25) is 0 Å². The van der Waals surface area contributed by atoms with Gasteiger partial charge in [-0.15, -0.1) is 0 Å². The van der Waals surface area contributed by atoms with Crippen LogP contribution in [0.5, 0.6) is 0 Å². The van der Waals surface area contributed by atoms with Crippen molar-refractivity contribution in [1.29, 1.82) is 0 Å². The molecule has 0 bridgehead atoms. The van der Waals surface area contributed by atoms with Crippen LogP contribution in [0.1, 0.15) is 25.3 Å². The van der Waals surface area contributed by atoms with Crippen molar-refractivity contribution in [1.82, 2.24) is 14.8 Å². The molecule has 0 radical (unpaired) electrons. The number of likely N-dealkylation sites (tertiary alicyclic amines) is 1. The highest BCUT2D eigenvalue weighted by molar-refractivity contribution is 5.92. The monoisotopic (exact) mass is 304 g/mol. The largest absolute Gasteiger partial charge is 0.322 e. The number of rotatable bonds is 2. The van der Waals surface area contributed by atoms with E-state index in [0.717, 1.165) is 37.2 Å². The summed E-state index contributed by atoms with van der Waals surface area (Å²) in [6, 6.07) is 2.09. The number of aromatic nitrogens is 1. The summed E-state index contributed by atoms with van der Waals surface area (Å²) in [6.45, 7) is 4.29. The van der Waals surface area contributed by atoms with Gasteiger partial charge in [0.25, 0.3) is 0 Å². The Morgan fingerprint density at radius 3 is 2.82 bits per heavy atom. The Morgan fingerprint density at radius 2 is 2.09 bits per heavy atom. The molecule has 4 heterocycles. The Balaban J connectivity index is 1.38. The average molecular weight is 304 g/mol. The molecule has 2 fully saturated rings. The maximum atomic E-state index is 12.3. The summed E-state index contributed by atoms with van der Waals surface area (Å²) in [5.41, 5.74) is 1.95. The Morgan fingerprint density at radius 1 is 1.32 bits per heavy atom. The third-order valence-electron chi connectivity index (χ3n) is 4.60. The second-order valence-corrected chi connectivity index (χ2v) is 6.00. The first-order chi connectivity index (χ1) is 10.7. The minimum atomic E-state index is -0.198. The normalized spacial score (nSPS) is 29.7. The van der Waals surface area contributed by atoms with E-state index >= 15 is 0 Å². The topological polar surface area (TPSA) is 66.9 Å². The van der Waals surface area contributed by atoms with E-state index in [9.17, 15) is 4.79 Å². The van der Waals surface area contributed by atoms with Gasteiger partial charge in [-0.05, 0) is 25.8 Å². The second kappa shape index (κ2) is 5.49. The standard InChI is InChI=1S/C15H20N4O3/c1-10-21-15(22-10)18-6-3-12(4-7-18)19-9-11-8-16-5-2-13(11)17-14(19)20/h2,5,8,10,12,15H,3-4,6-7,9H2,1H3,(H,17,20). The maximum Gasteiger partial charge on any atom is 0.322 e. The van der Waals surface area contributed by atoms with Crippen LogP contribution >= 0.6 is 0 Å². The third kappa shape index (κ3) is 2.45. The van der Waals surface area contributed by atoms with Crippen molar-refractivity contribution < 1.29 is 14.3 Å². The molecule has 1 aromatic rings. The highest BCUT2D eigenvalue weighted by atomic mass is 16.9. The average Bonchev–Trinajstić information content (AvgIpc) is 2.51. The van der Waals surface area contributed by atoms with Crippen molar-refractivity contribution in [2.45, 2.75) is 45.1 Å². The lowest BCUT2D eigenvalue weighted by Gasteiger charge is -2.46. The quantitative estimate of drug-likeness (QED) is 0.898. The molecule has 118 valence electrons. The number of amides is 2. The Kier molecular flexibility index (Phi) is 3.48. The summed E-state index contributed by atoms with van der Waals surface area (Å²) in [4.78, 5) is 20.6. The number of hydrogen-bond donors (Lipinski definition) is 1.